The molecular formula is C13H16INO2. The molecule has 0 heterocycles. The number of carbonyl (C=O) groups is 1. The van der Waals surface area contributed by atoms with E-state index in [0.717, 1.165) is 22.8 Å². The number of nitrogens with one attached hydrogen (secondary N) is 1. The van der Waals surface area contributed by atoms with Gasteiger partial charge in [0.1, 0.15) is 0 Å². The molecule has 1 aliphatic rings. The molecule has 2 rings (SSSR count). The molecule has 1 aliphatic carbocycles. The predicted octanol–water partition coefficient (Wildman–Crippen LogP) is 2.18. The number of aliphatic hydroxyl groups is 1. The van der Waals surface area contributed by atoms with Crippen LogP contribution in [0.3, 0.4) is 0 Å². The second kappa shape index (κ2) is 5.82. The average Bonchev–Trinajstić information content (AvgIpc) is 2.72. The third-order valence-electron chi connectivity index (χ3n) is 3.26. The monoisotopic (exact) mass is 345 g/mol. The molecule has 0 aromatic heterocycles. The van der Waals surface area contributed by atoms with E-state index in [1.807, 2.05) is 24.3 Å². The summed E-state index contributed by atoms with van der Waals surface area (Å²) in [7, 11) is 0. The summed E-state index contributed by atoms with van der Waals surface area (Å²) in [5.41, 5.74) is 0.709. The van der Waals surface area contributed by atoms with Crippen molar-refractivity contribution in [3.8, 4) is 0 Å². The van der Waals surface area contributed by atoms with Crippen molar-refractivity contribution in [1.82, 2.24) is 5.32 Å². The average molecular weight is 345 g/mol. The SMILES string of the molecule is O=C(NCC1CCCC1O)c1ccccc1I. The number of hydrogen-bond donors (Lipinski definition) is 2. The van der Waals surface area contributed by atoms with Crippen molar-refractivity contribution < 1.29 is 9.90 Å². The van der Waals surface area contributed by atoms with Crippen LogP contribution < -0.4 is 5.32 Å². The Morgan fingerprint density at radius 1 is 1.41 bits per heavy atom. The quantitative estimate of drug-likeness (QED) is 0.825. The van der Waals surface area contributed by atoms with Crippen molar-refractivity contribution >= 4 is 28.5 Å². The van der Waals surface area contributed by atoms with E-state index in [-0.39, 0.29) is 17.9 Å². The van der Waals surface area contributed by atoms with Gasteiger partial charge in [0.05, 0.1) is 11.7 Å². The van der Waals surface area contributed by atoms with Crippen LogP contribution in [0.1, 0.15) is 29.6 Å². The number of hydrogen-bond acceptors (Lipinski definition) is 2. The Bertz CT molecular complexity index is 408. The molecular weight excluding hydrogens is 329 g/mol. The van der Waals surface area contributed by atoms with E-state index < -0.39 is 0 Å². The first-order chi connectivity index (χ1) is 8.18. The highest BCUT2D eigenvalue weighted by Gasteiger charge is 2.25. The maximum atomic E-state index is 11.9. The van der Waals surface area contributed by atoms with Crippen LogP contribution in [-0.2, 0) is 0 Å². The summed E-state index contributed by atoms with van der Waals surface area (Å²) in [6, 6.07) is 7.52. The molecule has 0 bridgehead atoms. The van der Waals surface area contributed by atoms with Crippen molar-refractivity contribution in [1.29, 1.82) is 0 Å². The van der Waals surface area contributed by atoms with Gasteiger partial charge in [-0.2, -0.15) is 0 Å². The van der Waals surface area contributed by atoms with Gasteiger partial charge in [-0.05, 0) is 47.6 Å². The van der Waals surface area contributed by atoms with Gasteiger partial charge in [-0.3, -0.25) is 4.79 Å². The summed E-state index contributed by atoms with van der Waals surface area (Å²) in [5.74, 6) is 0.175. The van der Waals surface area contributed by atoms with E-state index in [9.17, 15) is 9.90 Å². The molecule has 0 saturated heterocycles. The summed E-state index contributed by atoms with van der Waals surface area (Å²) in [6.07, 6.45) is 2.69. The summed E-state index contributed by atoms with van der Waals surface area (Å²) < 4.78 is 0.953. The van der Waals surface area contributed by atoms with Gasteiger partial charge in [0, 0.05) is 16.0 Å². The van der Waals surface area contributed by atoms with Gasteiger partial charge in [-0.25, -0.2) is 0 Å². The first kappa shape index (κ1) is 12.8. The van der Waals surface area contributed by atoms with Crippen LogP contribution in [0.4, 0.5) is 0 Å². The number of halogens is 1. The second-order valence-electron chi connectivity index (χ2n) is 4.45. The molecule has 1 saturated carbocycles. The Labute approximate surface area is 115 Å². The lowest BCUT2D eigenvalue weighted by Crippen LogP contribution is -2.32. The third kappa shape index (κ3) is 3.19. The lowest BCUT2D eigenvalue weighted by molar-refractivity contribution is 0.0916. The first-order valence-corrected chi connectivity index (χ1v) is 6.97. The van der Waals surface area contributed by atoms with Crippen molar-refractivity contribution in [2.24, 2.45) is 5.92 Å². The van der Waals surface area contributed by atoms with Gasteiger partial charge in [0.2, 0.25) is 0 Å². The molecule has 0 aliphatic heterocycles. The summed E-state index contributed by atoms with van der Waals surface area (Å²) in [5, 5.41) is 12.6. The third-order valence-corrected chi connectivity index (χ3v) is 4.20. The van der Waals surface area contributed by atoms with Crippen molar-refractivity contribution in [3.05, 3.63) is 33.4 Å². The normalized spacial score (nSPS) is 23.6. The molecule has 0 spiro atoms. The number of aliphatic hydroxyl groups excluding tert-OH is 1. The molecule has 1 aromatic rings. The van der Waals surface area contributed by atoms with Crippen LogP contribution in [0.2, 0.25) is 0 Å². The molecule has 2 atom stereocenters. The molecule has 2 unspecified atom stereocenters. The van der Waals surface area contributed by atoms with Crippen LogP contribution in [0, 0.1) is 9.49 Å². The molecule has 3 nitrogen and oxygen atoms in total. The van der Waals surface area contributed by atoms with Crippen molar-refractivity contribution in [2.75, 3.05) is 6.54 Å². The fourth-order valence-corrected chi connectivity index (χ4v) is 2.85. The zero-order valence-electron chi connectivity index (χ0n) is 9.53. The van der Waals surface area contributed by atoms with E-state index in [4.69, 9.17) is 0 Å². The number of carbonyl (C=O) groups excluding carboxylic acids is 1. The minimum absolute atomic E-state index is 0.0471. The van der Waals surface area contributed by atoms with Gasteiger partial charge >= 0.3 is 0 Å². The van der Waals surface area contributed by atoms with E-state index in [1.54, 1.807) is 0 Å². The molecule has 0 radical (unpaired) electrons. The number of benzene rings is 1. The van der Waals surface area contributed by atoms with Gasteiger partial charge in [0.15, 0.2) is 0 Å². The Morgan fingerprint density at radius 2 is 2.18 bits per heavy atom. The smallest absolute Gasteiger partial charge is 0.252 e. The van der Waals surface area contributed by atoms with Crippen LogP contribution in [0.25, 0.3) is 0 Å². The number of amides is 1. The Kier molecular flexibility index (Phi) is 4.39. The molecule has 92 valence electrons. The second-order valence-corrected chi connectivity index (χ2v) is 5.61. The zero-order valence-corrected chi connectivity index (χ0v) is 11.7. The Morgan fingerprint density at radius 3 is 2.82 bits per heavy atom. The van der Waals surface area contributed by atoms with E-state index >= 15 is 0 Å². The fourth-order valence-electron chi connectivity index (χ4n) is 2.22. The van der Waals surface area contributed by atoms with E-state index in [1.165, 1.54) is 0 Å². The van der Waals surface area contributed by atoms with Crippen molar-refractivity contribution in [2.45, 2.75) is 25.4 Å². The molecule has 2 N–H and O–H groups in total. The maximum absolute atomic E-state index is 11.9. The highest BCUT2D eigenvalue weighted by molar-refractivity contribution is 14.1. The Hall–Kier alpha value is -0.620. The van der Waals surface area contributed by atoms with Gasteiger partial charge in [-0.15, -0.1) is 0 Å². The largest absolute Gasteiger partial charge is 0.393 e. The van der Waals surface area contributed by atoms with E-state index in [0.29, 0.717) is 12.1 Å². The molecule has 1 aromatic carbocycles. The van der Waals surface area contributed by atoms with Gasteiger partial charge in [-0.1, -0.05) is 18.6 Å². The number of rotatable bonds is 3. The highest BCUT2D eigenvalue weighted by atomic mass is 127. The minimum Gasteiger partial charge on any atom is -0.393 e. The fraction of sp³-hybridized carbons (Fsp3) is 0.462. The molecule has 1 fully saturated rings. The van der Waals surface area contributed by atoms with Gasteiger partial charge in [0.25, 0.3) is 5.91 Å². The standard InChI is InChI=1S/C13H16INO2/c14-11-6-2-1-5-10(11)13(17)15-8-9-4-3-7-12(9)16/h1-2,5-6,9,12,16H,3-4,7-8H2,(H,15,17). The Balaban J connectivity index is 1.91. The van der Waals surface area contributed by atoms with Crippen LogP contribution in [0.15, 0.2) is 24.3 Å². The molecule has 1 amide bonds. The van der Waals surface area contributed by atoms with E-state index in [2.05, 4.69) is 27.9 Å². The highest BCUT2D eigenvalue weighted by Crippen LogP contribution is 2.24. The summed E-state index contributed by atoms with van der Waals surface area (Å²) in [6.45, 7) is 0.574. The van der Waals surface area contributed by atoms with Gasteiger partial charge < -0.3 is 10.4 Å². The van der Waals surface area contributed by atoms with Crippen LogP contribution in [-0.4, -0.2) is 23.7 Å². The van der Waals surface area contributed by atoms with Crippen LogP contribution >= 0.6 is 22.6 Å². The lowest BCUT2D eigenvalue weighted by Gasteiger charge is -2.15. The maximum Gasteiger partial charge on any atom is 0.252 e. The predicted molar refractivity (Wildman–Crippen MR) is 74.8 cm³/mol. The lowest BCUT2D eigenvalue weighted by atomic mass is 10.1. The summed E-state index contributed by atoms with van der Waals surface area (Å²) in [4.78, 5) is 11.9. The molecule has 4 heteroatoms. The first-order valence-electron chi connectivity index (χ1n) is 5.89. The zero-order chi connectivity index (χ0) is 12.3. The van der Waals surface area contributed by atoms with Crippen molar-refractivity contribution in [3.63, 3.8) is 0 Å². The van der Waals surface area contributed by atoms with Crippen LogP contribution in [0.5, 0.6) is 0 Å². The molecule has 17 heavy (non-hydrogen) atoms. The topological polar surface area (TPSA) is 49.3 Å². The summed E-state index contributed by atoms with van der Waals surface area (Å²) >= 11 is 2.16. The minimum atomic E-state index is -0.245.